The summed E-state index contributed by atoms with van der Waals surface area (Å²) in [7, 11) is 0. The molecular formula is C13H26N4O2. The SMILES string of the molecule is CC(C)CCC(=O)NC1CCN(CC(N)=NO)CC1. The van der Waals surface area contributed by atoms with Crippen LogP contribution in [0.4, 0.5) is 0 Å². The van der Waals surface area contributed by atoms with Crippen LogP contribution in [-0.2, 0) is 4.79 Å². The van der Waals surface area contributed by atoms with Crippen LogP contribution in [0, 0.1) is 5.92 Å². The molecule has 1 fully saturated rings. The number of nitrogens with zero attached hydrogens (tertiary/aromatic N) is 2. The minimum absolute atomic E-state index is 0.156. The number of hydrogen-bond donors (Lipinski definition) is 3. The maximum atomic E-state index is 11.7. The first-order chi connectivity index (χ1) is 9.01. The maximum absolute atomic E-state index is 11.7. The smallest absolute Gasteiger partial charge is 0.220 e. The molecule has 0 aromatic rings. The van der Waals surface area contributed by atoms with Gasteiger partial charge >= 0.3 is 0 Å². The van der Waals surface area contributed by atoms with Crippen molar-refractivity contribution < 1.29 is 10.0 Å². The summed E-state index contributed by atoms with van der Waals surface area (Å²) in [5, 5.41) is 14.6. The van der Waals surface area contributed by atoms with Crippen molar-refractivity contribution in [3.63, 3.8) is 0 Å². The zero-order chi connectivity index (χ0) is 14.3. The van der Waals surface area contributed by atoms with Crippen molar-refractivity contribution in [1.29, 1.82) is 0 Å². The van der Waals surface area contributed by atoms with Gasteiger partial charge in [-0.25, -0.2) is 0 Å². The summed E-state index contributed by atoms with van der Waals surface area (Å²) in [5.74, 6) is 0.955. The second-order valence-electron chi connectivity index (χ2n) is 5.64. The van der Waals surface area contributed by atoms with Crippen molar-refractivity contribution in [2.45, 2.75) is 45.6 Å². The minimum Gasteiger partial charge on any atom is -0.409 e. The van der Waals surface area contributed by atoms with Gasteiger partial charge < -0.3 is 16.3 Å². The molecule has 0 atom stereocenters. The van der Waals surface area contributed by atoms with E-state index in [9.17, 15) is 4.79 Å². The van der Waals surface area contributed by atoms with Crippen LogP contribution in [-0.4, -0.2) is 47.5 Å². The van der Waals surface area contributed by atoms with Gasteiger partial charge in [-0.2, -0.15) is 0 Å². The van der Waals surface area contributed by atoms with E-state index in [1.54, 1.807) is 0 Å². The molecule has 19 heavy (non-hydrogen) atoms. The molecule has 1 amide bonds. The lowest BCUT2D eigenvalue weighted by molar-refractivity contribution is -0.122. The fourth-order valence-electron chi connectivity index (χ4n) is 2.22. The molecule has 110 valence electrons. The van der Waals surface area contributed by atoms with Crippen LogP contribution in [0.25, 0.3) is 0 Å². The Labute approximate surface area is 115 Å². The first kappa shape index (κ1) is 15.8. The van der Waals surface area contributed by atoms with Crippen LogP contribution >= 0.6 is 0 Å². The average Bonchev–Trinajstić information content (AvgIpc) is 2.38. The fourth-order valence-corrected chi connectivity index (χ4v) is 2.22. The van der Waals surface area contributed by atoms with Gasteiger partial charge in [-0.1, -0.05) is 19.0 Å². The Morgan fingerprint density at radius 1 is 1.47 bits per heavy atom. The minimum atomic E-state index is 0.156. The number of amidine groups is 1. The van der Waals surface area contributed by atoms with Crippen LogP contribution < -0.4 is 11.1 Å². The van der Waals surface area contributed by atoms with Gasteiger partial charge in [-0.05, 0) is 25.2 Å². The Morgan fingerprint density at radius 3 is 2.63 bits per heavy atom. The third-order valence-electron chi connectivity index (χ3n) is 3.42. The third-order valence-corrected chi connectivity index (χ3v) is 3.42. The van der Waals surface area contributed by atoms with Gasteiger partial charge in [0.2, 0.25) is 5.91 Å². The van der Waals surface area contributed by atoms with Crippen molar-refractivity contribution in [2.24, 2.45) is 16.8 Å². The zero-order valence-electron chi connectivity index (χ0n) is 11.9. The summed E-state index contributed by atoms with van der Waals surface area (Å²) in [4.78, 5) is 13.9. The van der Waals surface area contributed by atoms with Crippen LogP contribution in [0.1, 0.15) is 39.5 Å². The number of carbonyl (C=O) groups is 1. The van der Waals surface area contributed by atoms with Crippen molar-refractivity contribution in [2.75, 3.05) is 19.6 Å². The number of piperidine rings is 1. The Bertz CT molecular complexity index is 310. The number of nitrogens with two attached hydrogens (primary N) is 1. The van der Waals surface area contributed by atoms with Gasteiger partial charge in [-0.3, -0.25) is 9.69 Å². The van der Waals surface area contributed by atoms with Crippen LogP contribution in [0.5, 0.6) is 0 Å². The average molecular weight is 270 g/mol. The first-order valence-electron chi connectivity index (χ1n) is 6.99. The van der Waals surface area contributed by atoms with Gasteiger partial charge in [0.25, 0.3) is 0 Å². The summed E-state index contributed by atoms with van der Waals surface area (Å²) < 4.78 is 0. The largest absolute Gasteiger partial charge is 0.409 e. The number of nitrogens with one attached hydrogen (secondary N) is 1. The van der Waals surface area contributed by atoms with E-state index in [0.29, 0.717) is 18.9 Å². The summed E-state index contributed by atoms with van der Waals surface area (Å²) in [6.45, 7) is 6.47. The molecule has 1 rings (SSSR count). The number of likely N-dealkylation sites (tertiary alicyclic amines) is 1. The second kappa shape index (κ2) is 7.99. The molecule has 1 saturated heterocycles. The number of carbonyl (C=O) groups excluding carboxylic acids is 1. The lowest BCUT2D eigenvalue weighted by Gasteiger charge is -2.31. The van der Waals surface area contributed by atoms with E-state index >= 15 is 0 Å². The highest BCUT2D eigenvalue weighted by atomic mass is 16.4. The fraction of sp³-hybridized carbons (Fsp3) is 0.846. The third kappa shape index (κ3) is 6.42. The standard InChI is InChI=1S/C13H26N4O2/c1-10(2)3-4-13(18)15-11-5-7-17(8-6-11)9-12(14)16-19/h10-11,19H,3-9H2,1-2H3,(H2,14,16)(H,15,18). The lowest BCUT2D eigenvalue weighted by Crippen LogP contribution is -2.46. The van der Waals surface area contributed by atoms with Gasteiger partial charge in [0, 0.05) is 25.6 Å². The Morgan fingerprint density at radius 2 is 2.11 bits per heavy atom. The highest BCUT2D eigenvalue weighted by Crippen LogP contribution is 2.11. The molecule has 0 saturated carbocycles. The first-order valence-corrected chi connectivity index (χ1v) is 6.99. The highest BCUT2D eigenvalue weighted by molar-refractivity contribution is 5.81. The Balaban J connectivity index is 2.21. The zero-order valence-corrected chi connectivity index (χ0v) is 11.9. The molecule has 6 nitrogen and oxygen atoms in total. The van der Waals surface area contributed by atoms with Crippen molar-refractivity contribution in [3.05, 3.63) is 0 Å². The lowest BCUT2D eigenvalue weighted by atomic mass is 10.0. The monoisotopic (exact) mass is 270 g/mol. The second-order valence-corrected chi connectivity index (χ2v) is 5.64. The maximum Gasteiger partial charge on any atom is 0.220 e. The van der Waals surface area contributed by atoms with E-state index in [-0.39, 0.29) is 17.8 Å². The van der Waals surface area contributed by atoms with E-state index in [1.807, 2.05) is 0 Å². The number of amides is 1. The molecule has 0 unspecified atom stereocenters. The molecule has 0 aliphatic carbocycles. The molecule has 6 heteroatoms. The van der Waals surface area contributed by atoms with E-state index in [0.717, 1.165) is 32.4 Å². The quantitative estimate of drug-likeness (QED) is 0.287. The number of oxime groups is 1. The van der Waals surface area contributed by atoms with Crippen LogP contribution in [0.15, 0.2) is 5.16 Å². The Kier molecular flexibility index (Phi) is 6.62. The predicted octanol–water partition coefficient (Wildman–Crippen LogP) is 0.750. The van der Waals surface area contributed by atoms with Crippen molar-refractivity contribution >= 4 is 11.7 Å². The molecule has 0 aromatic heterocycles. The summed E-state index contributed by atoms with van der Waals surface area (Å²) in [6.07, 6.45) is 3.40. The van der Waals surface area contributed by atoms with Crippen LogP contribution in [0.3, 0.4) is 0 Å². The summed E-state index contributed by atoms with van der Waals surface area (Å²) >= 11 is 0. The van der Waals surface area contributed by atoms with E-state index < -0.39 is 0 Å². The molecule has 1 heterocycles. The van der Waals surface area contributed by atoms with Gasteiger partial charge in [0.1, 0.15) is 0 Å². The van der Waals surface area contributed by atoms with Crippen molar-refractivity contribution in [1.82, 2.24) is 10.2 Å². The number of rotatable bonds is 6. The molecule has 0 spiro atoms. The van der Waals surface area contributed by atoms with E-state index in [4.69, 9.17) is 10.9 Å². The van der Waals surface area contributed by atoms with Crippen molar-refractivity contribution in [3.8, 4) is 0 Å². The molecule has 0 aromatic carbocycles. The van der Waals surface area contributed by atoms with E-state index in [1.165, 1.54) is 0 Å². The highest BCUT2D eigenvalue weighted by Gasteiger charge is 2.21. The molecule has 0 radical (unpaired) electrons. The van der Waals surface area contributed by atoms with Crippen LogP contribution in [0.2, 0.25) is 0 Å². The Hall–Kier alpha value is -1.30. The molecule has 4 N–H and O–H groups in total. The summed E-state index contributed by atoms with van der Waals surface area (Å²) in [5.41, 5.74) is 5.48. The molecule has 1 aliphatic rings. The topological polar surface area (TPSA) is 91.0 Å². The van der Waals surface area contributed by atoms with Gasteiger partial charge in [0.05, 0.1) is 6.54 Å². The predicted molar refractivity (Wildman–Crippen MR) is 75.1 cm³/mol. The van der Waals surface area contributed by atoms with E-state index in [2.05, 4.69) is 29.2 Å². The van der Waals surface area contributed by atoms with Gasteiger partial charge in [-0.15, -0.1) is 0 Å². The molecular weight excluding hydrogens is 244 g/mol. The number of hydrogen-bond acceptors (Lipinski definition) is 4. The summed E-state index contributed by atoms with van der Waals surface area (Å²) in [6, 6.07) is 0.267. The molecule has 0 bridgehead atoms. The normalized spacial score (nSPS) is 18.8. The molecule has 1 aliphatic heterocycles. The van der Waals surface area contributed by atoms with Gasteiger partial charge in [0.15, 0.2) is 5.84 Å².